The van der Waals surface area contributed by atoms with Crippen molar-refractivity contribution in [1.29, 1.82) is 0 Å². The maximum atomic E-state index is 13.7. The summed E-state index contributed by atoms with van der Waals surface area (Å²) < 4.78 is 34.1. The summed E-state index contributed by atoms with van der Waals surface area (Å²) in [7, 11) is 0. The molecule has 180 valence electrons. The molecule has 0 aliphatic rings. The molecule has 5 rings (SSSR count). The van der Waals surface area contributed by atoms with Gasteiger partial charge in [-0.3, -0.25) is 0 Å². The van der Waals surface area contributed by atoms with Gasteiger partial charge in [0, 0.05) is 5.56 Å². The van der Waals surface area contributed by atoms with Gasteiger partial charge in [-0.1, -0.05) is 41.6 Å². The Morgan fingerprint density at radius 1 is 1.03 bits per heavy atom. The van der Waals surface area contributed by atoms with Gasteiger partial charge in [-0.05, 0) is 53.9 Å². The molecule has 36 heavy (non-hydrogen) atoms. The Morgan fingerprint density at radius 3 is 2.44 bits per heavy atom. The average molecular weight is 487 g/mol. The van der Waals surface area contributed by atoms with Crippen LogP contribution in [0.4, 0.5) is 14.6 Å². The van der Waals surface area contributed by atoms with Crippen molar-refractivity contribution in [2.75, 3.05) is 5.73 Å². The Hall–Kier alpha value is -4.86. The lowest BCUT2D eigenvalue weighted by atomic mass is 9.91. The Morgan fingerprint density at radius 2 is 1.78 bits per heavy atom. The third-order valence-electron chi connectivity index (χ3n) is 5.75. The number of benzene rings is 3. The van der Waals surface area contributed by atoms with Crippen LogP contribution in [-0.2, 0) is 6.42 Å². The van der Waals surface area contributed by atoms with Crippen LogP contribution in [0.25, 0.3) is 17.1 Å². The van der Waals surface area contributed by atoms with E-state index in [9.17, 15) is 18.7 Å². The van der Waals surface area contributed by atoms with Crippen LogP contribution >= 0.6 is 0 Å². The minimum Gasteiger partial charge on any atom is -0.477 e. The van der Waals surface area contributed by atoms with Crippen LogP contribution < -0.4 is 5.73 Å². The molecule has 10 heteroatoms. The molecular weight excluding hydrogens is 468 g/mol. The molecule has 0 aliphatic heterocycles. The highest BCUT2D eigenvalue weighted by Crippen LogP contribution is 2.30. The van der Waals surface area contributed by atoms with Gasteiger partial charge in [0.1, 0.15) is 23.0 Å². The van der Waals surface area contributed by atoms with Gasteiger partial charge in [-0.15, -0.1) is 0 Å². The molecule has 3 N–H and O–H groups in total. The third-order valence-corrected chi connectivity index (χ3v) is 5.75. The van der Waals surface area contributed by atoms with Crippen LogP contribution in [0.1, 0.15) is 33.3 Å². The van der Waals surface area contributed by atoms with E-state index < -0.39 is 17.7 Å². The second-order valence-electron chi connectivity index (χ2n) is 8.10. The van der Waals surface area contributed by atoms with Crippen LogP contribution in [0.2, 0.25) is 0 Å². The summed E-state index contributed by atoms with van der Waals surface area (Å²) in [5, 5.41) is 17.3. The molecule has 1 atom stereocenters. The molecule has 1 unspecified atom stereocenters. The normalized spacial score (nSPS) is 11.9. The summed E-state index contributed by atoms with van der Waals surface area (Å²) in [4.78, 5) is 15.7. The molecule has 0 radical (unpaired) electrons. The quantitative estimate of drug-likeness (QED) is 0.337. The monoisotopic (exact) mass is 487 g/mol. The molecule has 2 heterocycles. The summed E-state index contributed by atoms with van der Waals surface area (Å²) >= 11 is 0. The largest absolute Gasteiger partial charge is 0.477 e. The zero-order valence-corrected chi connectivity index (χ0v) is 18.7. The topological polar surface area (TPSA) is 120 Å². The number of nitrogen functional groups attached to an aromatic ring is 1. The van der Waals surface area contributed by atoms with E-state index in [-0.39, 0.29) is 23.0 Å². The van der Waals surface area contributed by atoms with Crippen molar-refractivity contribution >= 4 is 11.8 Å². The van der Waals surface area contributed by atoms with Gasteiger partial charge in [0.25, 0.3) is 0 Å². The molecule has 0 bridgehead atoms. The first-order valence-corrected chi connectivity index (χ1v) is 10.9. The van der Waals surface area contributed by atoms with E-state index >= 15 is 0 Å². The SMILES string of the molecule is Nc1c(C(=O)O)cnn1-c1ccc(CC(c2ccc(F)cc2)c2nc(-c3cccc(F)c3)no2)cc1. The van der Waals surface area contributed by atoms with E-state index in [2.05, 4.69) is 15.2 Å². The summed E-state index contributed by atoms with van der Waals surface area (Å²) in [6.07, 6.45) is 1.63. The first-order valence-electron chi connectivity index (χ1n) is 10.9. The minimum atomic E-state index is -1.16. The Labute approximate surface area is 203 Å². The van der Waals surface area contributed by atoms with Gasteiger partial charge in [0.05, 0.1) is 17.8 Å². The summed E-state index contributed by atoms with van der Waals surface area (Å²) in [6.45, 7) is 0. The van der Waals surface area contributed by atoms with Crippen LogP contribution in [0, 0.1) is 11.6 Å². The third kappa shape index (κ3) is 4.56. The summed E-state index contributed by atoms with van der Waals surface area (Å²) in [5.74, 6) is -1.78. The summed E-state index contributed by atoms with van der Waals surface area (Å²) in [6, 6.07) is 19.1. The van der Waals surface area contributed by atoms with Crippen molar-refractivity contribution in [2.24, 2.45) is 0 Å². The highest BCUT2D eigenvalue weighted by molar-refractivity contribution is 5.92. The molecular formula is C26H19F2N5O3. The number of nitrogens with zero attached hydrogens (tertiary/aromatic N) is 4. The van der Waals surface area contributed by atoms with Gasteiger partial charge in [-0.2, -0.15) is 10.1 Å². The lowest BCUT2D eigenvalue weighted by Gasteiger charge is -2.14. The van der Waals surface area contributed by atoms with E-state index in [1.165, 1.54) is 35.1 Å². The first kappa shape index (κ1) is 22.9. The van der Waals surface area contributed by atoms with Gasteiger partial charge in [-0.25, -0.2) is 18.3 Å². The fraction of sp³-hybridized carbons (Fsp3) is 0.0769. The lowest BCUT2D eigenvalue weighted by Crippen LogP contribution is -2.07. The molecule has 0 fully saturated rings. The maximum Gasteiger partial charge on any atom is 0.341 e. The van der Waals surface area contributed by atoms with Gasteiger partial charge in [0.2, 0.25) is 11.7 Å². The van der Waals surface area contributed by atoms with E-state index in [4.69, 9.17) is 10.3 Å². The standard InChI is InChI=1S/C26H19F2N5O3/c27-18-8-6-16(7-9-18)21(25-31-24(32-36-25)17-2-1-3-19(28)13-17)12-15-4-10-20(11-5-15)33-23(29)22(14-30-33)26(34)35/h1-11,13-14,21H,12,29H2,(H,34,35). The fourth-order valence-electron chi connectivity index (χ4n) is 3.90. The van der Waals surface area contributed by atoms with Crippen molar-refractivity contribution < 1.29 is 23.2 Å². The van der Waals surface area contributed by atoms with E-state index in [0.717, 1.165) is 11.1 Å². The molecule has 0 amide bonds. The zero-order valence-electron chi connectivity index (χ0n) is 18.7. The fourth-order valence-corrected chi connectivity index (χ4v) is 3.90. The number of hydrogen-bond acceptors (Lipinski definition) is 6. The van der Waals surface area contributed by atoms with Crippen LogP contribution in [-0.4, -0.2) is 31.0 Å². The second-order valence-corrected chi connectivity index (χ2v) is 8.10. The van der Waals surface area contributed by atoms with Crippen LogP contribution in [0.5, 0.6) is 0 Å². The van der Waals surface area contributed by atoms with E-state index in [1.54, 1.807) is 36.4 Å². The zero-order chi connectivity index (χ0) is 25.2. The predicted octanol–water partition coefficient (Wildman–Crippen LogP) is 4.86. The Bertz CT molecular complexity index is 1530. The molecule has 0 aliphatic carbocycles. The number of carboxylic acid groups (broad SMARTS) is 1. The molecule has 2 aromatic heterocycles. The number of nitrogens with two attached hydrogens (primary N) is 1. The Kier molecular flexibility index (Phi) is 5.99. The average Bonchev–Trinajstić information content (AvgIpc) is 3.51. The number of hydrogen-bond donors (Lipinski definition) is 2. The first-order chi connectivity index (χ1) is 17.4. The van der Waals surface area contributed by atoms with Crippen molar-refractivity contribution in [1.82, 2.24) is 19.9 Å². The number of carboxylic acids is 1. The second kappa shape index (κ2) is 9.41. The van der Waals surface area contributed by atoms with Crippen molar-refractivity contribution in [3.63, 3.8) is 0 Å². The molecule has 0 saturated carbocycles. The molecule has 0 spiro atoms. The van der Waals surface area contributed by atoms with Gasteiger partial charge < -0.3 is 15.4 Å². The number of rotatable bonds is 7. The minimum absolute atomic E-state index is 0.0233. The summed E-state index contributed by atoms with van der Waals surface area (Å²) in [5.41, 5.74) is 8.55. The molecule has 0 saturated heterocycles. The maximum absolute atomic E-state index is 13.7. The van der Waals surface area contributed by atoms with Crippen LogP contribution in [0.15, 0.2) is 83.5 Å². The number of carbonyl (C=O) groups is 1. The highest BCUT2D eigenvalue weighted by atomic mass is 19.1. The number of aromatic nitrogens is 4. The number of aromatic carboxylic acids is 1. The van der Waals surface area contributed by atoms with E-state index in [1.807, 2.05) is 12.1 Å². The smallest absolute Gasteiger partial charge is 0.341 e. The number of halogens is 2. The van der Waals surface area contributed by atoms with E-state index in [0.29, 0.717) is 23.6 Å². The van der Waals surface area contributed by atoms with Gasteiger partial charge in [0.15, 0.2) is 0 Å². The lowest BCUT2D eigenvalue weighted by molar-refractivity contribution is 0.0698. The van der Waals surface area contributed by atoms with Crippen molar-refractivity contribution in [3.8, 4) is 17.1 Å². The van der Waals surface area contributed by atoms with Crippen LogP contribution in [0.3, 0.4) is 0 Å². The molecule has 5 aromatic rings. The van der Waals surface area contributed by atoms with Crippen molar-refractivity contribution in [2.45, 2.75) is 12.3 Å². The molecule has 8 nitrogen and oxygen atoms in total. The highest BCUT2D eigenvalue weighted by Gasteiger charge is 2.23. The predicted molar refractivity (Wildman–Crippen MR) is 127 cm³/mol. The Balaban J connectivity index is 1.45. The van der Waals surface area contributed by atoms with Gasteiger partial charge >= 0.3 is 5.97 Å². The molecule has 3 aromatic carbocycles. The number of anilines is 1. The van der Waals surface area contributed by atoms with Crippen molar-refractivity contribution in [3.05, 3.63) is 113 Å².